The van der Waals surface area contributed by atoms with Gasteiger partial charge in [-0.15, -0.1) is 24.0 Å². The molecule has 0 radical (unpaired) electrons. The standard InChI is InChI=1S/C23H29N5O2.HI/c1-16-20(17(2)28(27-16)15-18-9-7-6-8-10-18)14-25-23(24-3)26-19-11-12-21(29-4)22(13-19)30-5;/h6-13H,14-15H2,1-5H3,(H2,24,25,26);1H. The van der Waals surface area contributed by atoms with Crippen LogP contribution in [-0.4, -0.2) is 37.0 Å². The topological polar surface area (TPSA) is 72.7 Å². The molecule has 2 N–H and O–H groups in total. The average Bonchev–Trinajstić information content (AvgIpc) is 3.04. The molecule has 8 heteroatoms. The number of hydrogen-bond acceptors (Lipinski definition) is 4. The van der Waals surface area contributed by atoms with Crippen molar-refractivity contribution in [1.29, 1.82) is 0 Å². The Labute approximate surface area is 200 Å². The van der Waals surface area contributed by atoms with E-state index in [1.807, 2.05) is 48.0 Å². The first-order valence-corrected chi connectivity index (χ1v) is 9.82. The van der Waals surface area contributed by atoms with Gasteiger partial charge in [0.1, 0.15) is 0 Å². The fourth-order valence-corrected chi connectivity index (χ4v) is 3.30. The minimum atomic E-state index is 0. The summed E-state index contributed by atoms with van der Waals surface area (Å²) in [4.78, 5) is 4.33. The molecule has 1 heterocycles. The monoisotopic (exact) mass is 535 g/mol. The van der Waals surface area contributed by atoms with Crippen LogP contribution in [0.5, 0.6) is 11.5 Å². The lowest BCUT2D eigenvalue weighted by Crippen LogP contribution is -2.30. The Bertz CT molecular complexity index is 1020. The highest BCUT2D eigenvalue weighted by molar-refractivity contribution is 14.0. The number of nitrogens with one attached hydrogen (secondary N) is 2. The lowest BCUT2D eigenvalue weighted by atomic mass is 10.2. The molecule has 31 heavy (non-hydrogen) atoms. The first-order chi connectivity index (χ1) is 14.5. The van der Waals surface area contributed by atoms with Crippen LogP contribution in [0, 0.1) is 13.8 Å². The highest BCUT2D eigenvalue weighted by atomic mass is 127. The van der Waals surface area contributed by atoms with Crippen LogP contribution < -0.4 is 20.1 Å². The number of aryl methyl sites for hydroxylation is 1. The molecule has 0 fully saturated rings. The van der Waals surface area contributed by atoms with Gasteiger partial charge in [0.15, 0.2) is 17.5 Å². The predicted octanol–water partition coefficient (Wildman–Crippen LogP) is 4.37. The van der Waals surface area contributed by atoms with Crippen molar-refractivity contribution < 1.29 is 9.47 Å². The third-order valence-corrected chi connectivity index (χ3v) is 5.01. The number of benzene rings is 2. The van der Waals surface area contributed by atoms with Crippen molar-refractivity contribution in [3.8, 4) is 11.5 Å². The second-order valence-electron chi connectivity index (χ2n) is 6.91. The second-order valence-corrected chi connectivity index (χ2v) is 6.91. The number of aromatic nitrogens is 2. The van der Waals surface area contributed by atoms with Crippen LogP contribution in [0.2, 0.25) is 0 Å². The summed E-state index contributed by atoms with van der Waals surface area (Å²) in [5.41, 5.74) is 5.41. The number of anilines is 1. The van der Waals surface area contributed by atoms with Gasteiger partial charge >= 0.3 is 0 Å². The number of aliphatic imine (C=N–C) groups is 1. The highest BCUT2D eigenvalue weighted by Crippen LogP contribution is 2.29. The van der Waals surface area contributed by atoms with Gasteiger partial charge in [-0.25, -0.2) is 0 Å². The van der Waals surface area contributed by atoms with Gasteiger partial charge in [-0.3, -0.25) is 9.67 Å². The van der Waals surface area contributed by atoms with Crippen molar-refractivity contribution in [2.24, 2.45) is 4.99 Å². The smallest absolute Gasteiger partial charge is 0.195 e. The van der Waals surface area contributed by atoms with Crippen molar-refractivity contribution in [2.75, 3.05) is 26.6 Å². The Balaban J connectivity index is 0.00000341. The normalized spacial score (nSPS) is 10.9. The molecule has 0 amide bonds. The first kappa shape index (κ1) is 24.5. The van der Waals surface area contributed by atoms with Crippen molar-refractivity contribution in [1.82, 2.24) is 15.1 Å². The molecule has 0 aliphatic rings. The first-order valence-electron chi connectivity index (χ1n) is 9.82. The van der Waals surface area contributed by atoms with E-state index in [9.17, 15) is 0 Å². The van der Waals surface area contributed by atoms with E-state index in [-0.39, 0.29) is 24.0 Å². The molecular weight excluding hydrogens is 505 g/mol. The fraction of sp³-hybridized carbons (Fsp3) is 0.304. The summed E-state index contributed by atoms with van der Waals surface area (Å²) in [6.45, 7) is 5.52. The van der Waals surface area contributed by atoms with E-state index < -0.39 is 0 Å². The minimum absolute atomic E-state index is 0. The van der Waals surface area contributed by atoms with Crippen LogP contribution in [-0.2, 0) is 13.1 Å². The maximum atomic E-state index is 5.37. The van der Waals surface area contributed by atoms with Crippen LogP contribution in [0.25, 0.3) is 0 Å². The molecule has 0 aliphatic heterocycles. The number of ether oxygens (including phenoxy) is 2. The molecule has 7 nitrogen and oxygen atoms in total. The third-order valence-electron chi connectivity index (χ3n) is 5.01. The Kier molecular flexibility index (Phi) is 9.17. The van der Waals surface area contributed by atoms with E-state index in [2.05, 4.69) is 34.7 Å². The van der Waals surface area contributed by atoms with Crippen LogP contribution in [0.1, 0.15) is 22.5 Å². The summed E-state index contributed by atoms with van der Waals surface area (Å²) in [7, 11) is 4.98. The Hall–Kier alpha value is -2.75. The van der Waals surface area contributed by atoms with Crippen LogP contribution in [0.4, 0.5) is 5.69 Å². The van der Waals surface area contributed by atoms with Crippen LogP contribution in [0.15, 0.2) is 53.5 Å². The quantitative estimate of drug-likeness (QED) is 0.267. The molecule has 166 valence electrons. The molecule has 2 aromatic carbocycles. The average molecular weight is 535 g/mol. The lowest BCUT2D eigenvalue weighted by molar-refractivity contribution is 0.355. The van der Waals surface area contributed by atoms with Crippen molar-refractivity contribution in [2.45, 2.75) is 26.9 Å². The molecule has 0 saturated heterocycles. The molecule has 0 atom stereocenters. The Morgan fingerprint density at radius 1 is 1.03 bits per heavy atom. The largest absolute Gasteiger partial charge is 0.493 e. The number of hydrogen-bond donors (Lipinski definition) is 2. The maximum Gasteiger partial charge on any atom is 0.195 e. The van der Waals surface area contributed by atoms with Gasteiger partial charge in [0.05, 0.1) is 26.5 Å². The van der Waals surface area contributed by atoms with Crippen molar-refractivity contribution in [3.05, 3.63) is 71.0 Å². The summed E-state index contributed by atoms with van der Waals surface area (Å²) in [6.07, 6.45) is 0. The zero-order valence-electron chi connectivity index (χ0n) is 18.6. The molecule has 3 rings (SSSR count). The number of guanidine groups is 1. The maximum absolute atomic E-state index is 5.37. The van der Waals surface area contributed by atoms with Gasteiger partial charge in [-0.2, -0.15) is 5.10 Å². The summed E-state index contributed by atoms with van der Waals surface area (Å²) in [6, 6.07) is 16.0. The molecule has 0 saturated carbocycles. The van der Waals surface area contributed by atoms with E-state index >= 15 is 0 Å². The number of methoxy groups -OCH3 is 2. The predicted molar refractivity (Wildman–Crippen MR) is 136 cm³/mol. The van der Waals surface area contributed by atoms with Gasteiger partial charge in [0, 0.05) is 36.6 Å². The van der Waals surface area contributed by atoms with E-state index in [1.54, 1.807) is 21.3 Å². The van der Waals surface area contributed by atoms with E-state index in [4.69, 9.17) is 14.6 Å². The summed E-state index contributed by atoms with van der Waals surface area (Å²) in [5, 5.41) is 11.4. The number of halogens is 1. The van der Waals surface area contributed by atoms with Crippen molar-refractivity contribution in [3.63, 3.8) is 0 Å². The zero-order chi connectivity index (χ0) is 21.5. The molecule has 0 bridgehead atoms. The van der Waals surface area contributed by atoms with E-state index in [0.29, 0.717) is 24.0 Å². The van der Waals surface area contributed by atoms with Gasteiger partial charge in [0.2, 0.25) is 0 Å². The summed E-state index contributed by atoms with van der Waals surface area (Å²) < 4.78 is 12.7. The minimum Gasteiger partial charge on any atom is -0.493 e. The second kappa shape index (κ2) is 11.6. The molecular formula is C23H30IN5O2. The van der Waals surface area contributed by atoms with Crippen molar-refractivity contribution >= 4 is 35.6 Å². The number of rotatable bonds is 7. The molecule has 3 aromatic rings. The Morgan fingerprint density at radius 3 is 2.39 bits per heavy atom. The van der Waals surface area contributed by atoms with Crippen LogP contribution in [0.3, 0.4) is 0 Å². The molecule has 1 aromatic heterocycles. The van der Waals surface area contributed by atoms with Gasteiger partial charge in [-0.05, 0) is 31.5 Å². The zero-order valence-corrected chi connectivity index (χ0v) is 20.9. The summed E-state index contributed by atoms with van der Waals surface area (Å²) in [5.74, 6) is 2.01. The summed E-state index contributed by atoms with van der Waals surface area (Å²) >= 11 is 0. The molecule has 0 aliphatic carbocycles. The van der Waals surface area contributed by atoms with E-state index in [1.165, 1.54) is 11.1 Å². The highest BCUT2D eigenvalue weighted by Gasteiger charge is 2.13. The van der Waals surface area contributed by atoms with Gasteiger partial charge in [0.25, 0.3) is 0 Å². The SMILES string of the molecule is CN=C(NCc1c(C)nn(Cc2ccccc2)c1C)Nc1ccc(OC)c(OC)c1.I. The number of nitrogens with zero attached hydrogens (tertiary/aromatic N) is 3. The van der Waals surface area contributed by atoms with Gasteiger partial charge < -0.3 is 20.1 Å². The lowest BCUT2D eigenvalue weighted by Gasteiger charge is -2.14. The Morgan fingerprint density at radius 2 is 1.74 bits per heavy atom. The van der Waals surface area contributed by atoms with Crippen LogP contribution >= 0.6 is 24.0 Å². The molecule has 0 unspecified atom stereocenters. The molecule has 0 spiro atoms. The van der Waals surface area contributed by atoms with Gasteiger partial charge in [-0.1, -0.05) is 30.3 Å². The van der Waals surface area contributed by atoms with E-state index in [0.717, 1.165) is 23.6 Å². The fourth-order valence-electron chi connectivity index (χ4n) is 3.30. The third kappa shape index (κ3) is 6.13.